The van der Waals surface area contributed by atoms with Gasteiger partial charge in [0, 0.05) is 23.7 Å². The van der Waals surface area contributed by atoms with Gasteiger partial charge in [0.1, 0.15) is 0 Å². The van der Waals surface area contributed by atoms with Gasteiger partial charge in [-0.25, -0.2) is 4.68 Å². The molecule has 0 fully saturated rings. The van der Waals surface area contributed by atoms with Gasteiger partial charge < -0.3 is 5.32 Å². The zero-order valence-corrected chi connectivity index (χ0v) is 11.4. The molecule has 1 aromatic carbocycles. The Morgan fingerprint density at radius 3 is 2.58 bits per heavy atom. The van der Waals surface area contributed by atoms with Crippen molar-refractivity contribution in [3.05, 3.63) is 46.8 Å². The molecule has 4 nitrogen and oxygen atoms in total. The minimum absolute atomic E-state index is 0.0675. The minimum atomic E-state index is -0.0675. The zero-order chi connectivity index (χ0) is 13.6. The Bertz CT molecular complexity index is 640. The number of carbonyl (C=O) groups is 1. The van der Waals surface area contributed by atoms with Crippen LogP contribution in [-0.2, 0) is 0 Å². The molecular weight excluding hydrogens is 238 g/mol. The molecule has 2 aromatic rings. The summed E-state index contributed by atoms with van der Waals surface area (Å²) in [7, 11) is 0. The molecule has 0 saturated heterocycles. The third kappa shape index (κ3) is 1.84. The van der Waals surface area contributed by atoms with Crippen LogP contribution in [0.1, 0.15) is 40.2 Å². The van der Waals surface area contributed by atoms with Crippen molar-refractivity contribution >= 4 is 5.91 Å². The Morgan fingerprint density at radius 1 is 1.26 bits per heavy atom. The molecule has 1 N–H and O–H groups in total. The van der Waals surface area contributed by atoms with Crippen LogP contribution in [0.15, 0.2) is 24.3 Å². The Hall–Kier alpha value is -2.10. The van der Waals surface area contributed by atoms with Gasteiger partial charge in [-0.1, -0.05) is 24.6 Å². The number of fused-ring (bicyclic) bond motifs is 1. The standard InChI is InChI=1S/C15H17N3O/c1-9-4-6-12(7-5-9)18-11(3)13-10(2)8-16-15(19)14(13)17-18/h4-7,10H,8H2,1-3H3,(H,16,19). The third-order valence-electron chi connectivity index (χ3n) is 3.72. The van der Waals surface area contributed by atoms with Gasteiger partial charge in [0.25, 0.3) is 5.91 Å². The number of hydrogen-bond donors (Lipinski definition) is 1. The molecule has 2 heterocycles. The van der Waals surface area contributed by atoms with Crippen molar-refractivity contribution in [3.63, 3.8) is 0 Å². The summed E-state index contributed by atoms with van der Waals surface area (Å²) in [4.78, 5) is 11.9. The second kappa shape index (κ2) is 4.23. The SMILES string of the molecule is Cc1ccc(-n2nc3c(c2C)C(C)CNC3=O)cc1. The van der Waals surface area contributed by atoms with Crippen molar-refractivity contribution in [2.45, 2.75) is 26.7 Å². The number of benzene rings is 1. The van der Waals surface area contributed by atoms with E-state index in [1.54, 1.807) is 0 Å². The average Bonchev–Trinajstić information content (AvgIpc) is 2.74. The molecule has 0 radical (unpaired) electrons. The molecule has 1 atom stereocenters. The first-order valence-corrected chi connectivity index (χ1v) is 6.52. The van der Waals surface area contributed by atoms with Crippen molar-refractivity contribution in [3.8, 4) is 5.69 Å². The summed E-state index contributed by atoms with van der Waals surface area (Å²) in [6, 6.07) is 8.17. The minimum Gasteiger partial charge on any atom is -0.350 e. The highest BCUT2D eigenvalue weighted by atomic mass is 16.2. The van der Waals surface area contributed by atoms with Crippen molar-refractivity contribution in [1.29, 1.82) is 0 Å². The van der Waals surface area contributed by atoms with E-state index in [9.17, 15) is 4.79 Å². The predicted octanol–water partition coefficient (Wildman–Crippen LogP) is 2.34. The maximum atomic E-state index is 11.9. The lowest BCUT2D eigenvalue weighted by Gasteiger charge is -2.18. The van der Waals surface area contributed by atoms with E-state index in [0.717, 1.165) is 16.9 Å². The van der Waals surface area contributed by atoms with Crippen LogP contribution in [0.4, 0.5) is 0 Å². The summed E-state index contributed by atoms with van der Waals surface area (Å²) in [6.07, 6.45) is 0. The van der Waals surface area contributed by atoms with Crippen LogP contribution in [0.25, 0.3) is 5.69 Å². The van der Waals surface area contributed by atoms with Gasteiger partial charge in [0.05, 0.1) is 5.69 Å². The van der Waals surface area contributed by atoms with Gasteiger partial charge in [0.15, 0.2) is 5.69 Å². The molecule has 3 rings (SSSR count). The van der Waals surface area contributed by atoms with Gasteiger partial charge >= 0.3 is 0 Å². The maximum absolute atomic E-state index is 11.9. The van der Waals surface area contributed by atoms with E-state index in [-0.39, 0.29) is 5.91 Å². The lowest BCUT2D eigenvalue weighted by atomic mass is 9.95. The van der Waals surface area contributed by atoms with Crippen LogP contribution in [-0.4, -0.2) is 22.2 Å². The first-order chi connectivity index (χ1) is 9.08. The topological polar surface area (TPSA) is 46.9 Å². The number of carbonyl (C=O) groups excluding carboxylic acids is 1. The molecule has 1 aliphatic rings. The summed E-state index contributed by atoms with van der Waals surface area (Å²) < 4.78 is 1.87. The second-order valence-electron chi connectivity index (χ2n) is 5.21. The number of hydrogen-bond acceptors (Lipinski definition) is 2. The summed E-state index contributed by atoms with van der Waals surface area (Å²) in [5.41, 5.74) is 4.91. The molecule has 1 amide bonds. The smallest absolute Gasteiger partial charge is 0.272 e. The van der Waals surface area contributed by atoms with E-state index in [4.69, 9.17) is 0 Å². The molecule has 98 valence electrons. The molecule has 1 aromatic heterocycles. The molecule has 4 heteroatoms. The maximum Gasteiger partial charge on any atom is 0.272 e. The van der Waals surface area contributed by atoms with Crippen LogP contribution in [0.3, 0.4) is 0 Å². The monoisotopic (exact) mass is 255 g/mol. The fraction of sp³-hybridized carbons (Fsp3) is 0.333. The Labute approximate surface area is 112 Å². The Morgan fingerprint density at radius 2 is 1.95 bits per heavy atom. The fourth-order valence-electron chi connectivity index (χ4n) is 2.64. The van der Waals surface area contributed by atoms with Crippen molar-refractivity contribution in [2.75, 3.05) is 6.54 Å². The normalized spacial score (nSPS) is 18.1. The molecule has 1 aliphatic heterocycles. The van der Waals surface area contributed by atoms with Crippen LogP contribution in [0.5, 0.6) is 0 Å². The first kappa shape index (κ1) is 12.0. The molecule has 0 saturated carbocycles. The third-order valence-corrected chi connectivity index (χ3v) is 3.72. The van der Waals surface area contributed by atoms with Crippen molar-refractivity contribution < 1.29 is 4.79 Å². The van der Waals surface area contributed by atoms with Crippen LogP contribution < -0.4 is 5.32 Å². The number of rotatable bonds is 1. The van der Waals surface area contributed by atoms with Gasteiger partial charge in [-0.2, -0.15) is 5.10 Å². The lowest BCUT2D eigenvalue weighted by Crippen LogP contribution is -2.34. The average molecular weight is 255 g/mol. The zero-order valence-electron chi connectivity index (χ0n) is 11.4. The second-order valence-corrected chi connectivity index (χ2v) is 5.21. The van der Waals surface area contributed by atoms with Gasteiger partial charge in [-0.3, -0.25) is 4.79 Å². The molecule has 1 unspecified atom stereocenters. The summed E-state index contributed by atoms with van der Waals surface area (Å²) in [5, 5.41) is 7.36. The Balaban J connectivity index is 2.16. The quantitative estimate of drug-likeness (QED) is 0.850. The van der Waals surface area contributed by atoms with E-state index in [2.05, 4.69) is 36.4 Å². The summed E-state index contributed by atoms with van der Waals surface area (Å²) >= 11 is 0. The van der Waals surface area contributed by atoms with Crippen LogP contribution in [0, 0.1) is 13.8 Å². The largest absolute Gasteiger partial charge is 0.350 e. The first-order valence-electron chi connectivity index (χ1n) is 6.52. The van der Waals surface area contributed by atoms with E-state index in [0.29, 0.717) is 18.2 Å². The molecular formula is C15H17N3O. The number of nitrogens with zero attached hydrogens (tertiary/aromatic N) is 2. The van der Waals surface area contributed by atoms with Crippen molar-refractivity contribution in [1.82, 2.24) is 15.1 Å². The molecule has 19 heavy (non-hydrogen) atoms. The van der Waals surface area contributed by atoms with Gasteiger partial charge in [-0.15, -0.1) is 0 Å². The van der Waals surface area contributed by atoms with Crippen LogP contribution >= 0.6 is 0 Å². The molecule has 0 bridgehead atoms. The molecule has 0 spiro atoms. The summed E-state index contributed by atoms with van der Waals surface area (Å²) in [5.74, 6) is 0.244. The van der Waals surface area contributed by atoms with E-state index in [1.165, 1.54) is 5.56 Å². The lowest BCUT2D eigenvalue weighted by molar-refractivity contribution is 0.0936. The molecule has 0 aliphatic carbocycles. The summed E-state index contributed by atoms with van der Waals surface area (Å²) in [6.45, 7) is 6.89. The van der Waals surface area contributed by atoms with Crippen molar-refractivity contribution in [2.24, 2.45) is 0 Å². The highest BCUT2D eigenvalue weighted by Gasteiger charge is 2.29. The van der Waals surface area contributed by atoms with Gasteiger partial charge in [0.2, 0.25) is 0 Å². The highest BCUT2D eigenvalue weighted by molar-refractivity contribution is 5.95. The van der Waals surface area contributed by atoms with Crippen LogP contribution in [0.2, 0.25) is 0 Å². The Kier molecular flexibility index (Phi) is 2.66. The highest BCUT2D eigenvalue weighted by Crippen LogP contribution is 2.28. The number of aryl methyl sites for hydroxylation is 1. The van der Waals surface area contributed by atoms with E-state index in [1.807, 2.05) is 23.7 Å². The predicted molar refractivity (Wildman–Crippen MR) is 73.8 cm³/mol. The van der Waals surface area contributed by atoms with E-state index >= 15 is 0 Å². The number of aromatic nitrogens is 2. The number of nitrogens with one attached hydrogen (secondary N) is 1. The van der Waals surface area contributed by atoms with E-state index < -0.39 is 0 Å². The fourth-order valence-corrected chi connectivity index (χ4v) is 2.64. The van der Waals surface area contributed by atoms with Gasteiger partial charge in [-0.05, 0) is 26.0 Å². The number of amides is 1.